The first kappa shape index (κ1) is 17.6. The van der Waals surface area contributed by atoms with Crippen molar-refractivity contribution in [1.82, 2.24) is 8.75 Å². The Bertz CT molecular complexity index is 1160. The van der Waals surface area contributed by atoms with Crippen molar-refractivity contribution < 1.29 is 5.21 Å². The third-order valence-electron chi connectivity index (χ3n) is 5.04. The van der Waals surface area contributed by atoms with Crippen LogP contribution in [0.15, 0.2) is 66.7 Å². The second-order valence-corrected chi connectivity index (χ2v) is 7.94. The third kappa shape index (κ3) is 2.55. The van der Waals surface area contributed by atoms with Gasteiger partial charge < -0.3 is 0 Å². The number of hydrogen-bond donors (Lipinski definition) is 0. The molecule has 0 amide bonds. The lowest BCUT2D eigenvalue weighted by Gasteiger charge is -2.41. The molecular weight excluding hydrogens is 413 g/mol. The minimum Gasteiger partial charge on any atom is -0.201 e. The highest BCUT2D eigenvalue weighted by Crippen LogP contribution is 2.46. The standard InChI is InChI=1S/C21H12Cl2N3OS/c22-15-5-1-13(2-6-15)21(14-3-7-16(23)8-4-14)12-11-17-19(26(21)27)10-9-18-20(17)25-28-24-18/h1-12H. The van der Waals surface area contributed by atoms with Crippen molar-refractivity contribution >= 4 is 57.7 Å². The maximum Gasteiger partial charge on any atom is 0.139 e. The summed E-state index contributed by atoms with van der Waals surface area (Å²) in [7, 11) is 0. The Balaban J connectivity index is 1.78. The van der Waals surface area contributed by atoms with Gasteiger partial charge in [-0.15, -0.1) is 0 Å². The smallest absolute Gasteiger partial charge is 0.139 e. The minimum atomic E-state index is -1.04. The van der Waals surface area contributed by atoms with E-state index >= 15 is 0 Å². The molecule has 0 N–H and O–H groups in total. The monoisotopic (exact) mass is 424 g/mol. The summed E-state index contributed by atoms with van der Waals surface area (Å²) < 4.78 is 8.63. The third-order valence-corrected chi connectivity index (χ3v) is 6.09. The van der Waals surface area contributed by atoms with Gasteiger partial charge in [0, 0.05) is 15.6 Å². The molecule has 0 bridgehead atoms. The van der Waals surface area contributed by atoms with E-state index in [1.165, 1.54) is 0 Å². The van der Waals surface area contributed by atoms with Crippen LogP contribution in [-0.4, -0.2) is 8.75 Å². The molecule has 0 fully saturated rings. The number of fused-ring (bicyclic) bond motifs is 3. The van der Waals surface area contributed by atoms with Crippen LogP contribution in [0.4, 0.5) is 5.69 Å². The number of aromatic nitrogens is 2. The fourth-order valence-corrected chi connectivity index (χ4v) is 4.47. The zero-order valence-electron chi connectivity index (χ0n) is 14.3. The van der Waals surface area contributed by atoms with Crippen LogP contribution < -0.4 is 5.06 Å². The second kappa shape index (κ2) is 6.57. The van der Waals surface area contributed by atoms with Gasteiger partial charge in [0.1, 0.15) is 16.6 Å². The summed E-state index contributed by atoms with van der Waals surface area (Å²) in [6, 6.07) is 18.3. The van der Waals surface area contributed by atoms with Crippen molar-refractivity contribution in [3.8, 4) is 0 Å². The zero-order valence-corrected chi connectivity index (χ0v) is 16.7. The van der Waals surface area contributed by atoms with Crippen molar-refractivity contribution in [1.29, 1.82) is 0 Å². The molecule has 28 heavy (non-hydrogen) atoms. The summed E-state index contributed by atoms with van der Waals surface area (Å²) in [5.41, 5.74) is 3.43. The summed E-state index contributed by atoms with van der Waals surface area (Å²) >= 11 is 13.3. The second-order valence-electron chi connectivity index (χ2n) is 6.54. The molecule has 3 aromatic carbocycles. The Hall–Kier alpha value is -2.44. The highest BCUT2D eigenvalue weighted by atomic mass is 35.5. The molecule has 5 rings (SSSR count). The molecule has 7 heteroatoms. The van der Waals surface area contributed by atoms with Crippen molar-refractivity contribution in [2.24, 2.45) is 0 Å². The van der Waals surface area contributed by atoms with Gasteiger partial charge in [-0.1, -0.05) is 58.8 Å². The van der Waals surface area contributed by atoms with Gasteiger partial charge >= 0.3 is 0 Å². The van der Waals surface area contributed by atoms with Crippen LogP contribution in [0.2, 0.25) is 10.0 Å². The number of hydrogen-bond acceptors (Lipinski definition) is 4. The number of nitrogens with zero attached hydrogens (tertiary/aromatic N) is 3. The largest absolute Gasteiger partial charge is 0.201 e. The van der Waals surface area contributed by atoms with Gasteiger partial charge in [-0.2, -0.15) is 8.75 Å². The molecule has 4 aromatic rings. The van der Waals surface area contributed by atoms with Gasteiger partial charge in [-0.25, -0.2) is 5.06 Å². The van der Waals surface area contributed by atoms with Crippen LogP contribution in [0.1, 0.15) is 16.7 Å². The molecule has 0 saturated heterocycles. The molecule has 1 aliphatic rings. The highest BCUT2D eigenvalue weighted by Gasteiger charge is 2.42. The molecule has 0 unspecified atom stereocenters. The molecule has 1 aliphatic heterocycles. The molecule has 4 nitrogen and oxygen atoms in total. The molecule has 0 aliphatic carbocycles. The molecule has 0 saturated carbocycles. The Morgan fingerprint density at radius 3 is 2.04 bits per heavy atom. The van der Waals surface area contributed by atoms with Gasteiger partial charge in [0.05, 0.1) is 17.4 Å². The van der Waals surface area contributed by atoms with E-state index in [0.717, 1.165) is 44.5 Å². The van der Waals surface area contributed by atoms with Crippen molar-refractivity contribution in [3.63, 3.8) is 0 Å². The van der Waals surface area contributed by atoms with Crippen molar-refractivity contribution in [2.75, 3.05) is 5.06 Å². The topological polar surface area (TPSA) is 48.9 Å². The first-order chi connectivity index (χ1) is 13.6. The lowest BCUT2D eigenvalue weighted by Crippen LogP contribution is -2.44. The van der Waals surface area contributed by atoms with Crippen LogP contribution in [0.5, 0.6) is 0 Å². The van der Waals surface area contributed by atoms with E-state index in [2.05, 4.69) is 8.75 Å². The summed E-state index contributed by atoms with van der Waals surface area (Å²) in [6.45, 7) is 0. The van der Waals surface area contributed by atoms with Crippen LogP contribution in [0, 0.1) is 0 Å². The van der Waals surface area contributed by atoms with Gasteiger partial charge in [-0.3, -0.25) is 0 Å². The molecular formula is C21H12Cl2N3OS. The first-order valence-electron chi connectivity index (χ1n) is 8.53. The summed E-state index contributed by atoms with van der Waals surface area (Å²) in [5.74, 6) is 0. The summed E-state index contributed by atoms with van der Waals surface area (Å²) in [4.78, 5) is 0. The Morgan fingerprint density at radius 2 is 1.43 bits per heavy atom. The van der Waals surface area contributed by atoms with Gasteiger partial charge in [0.15, 0.2) is 0 Å². The average molecular weight is 425 g/mol. The minimum absolute atomic E-state index is 0.549. The SMILES string of the molecule is [O]N1c2ccc3nsnc3c2C=CC1(c1ccc(Cl)cc1)c1ccc(Cl)cc1. The number of benzene rings is 3. The molecule has 0 spiro atoms. The van der Waals surface area contributed by atoms with Gasteiger partial charge in [0.2, 0.25) is 0 Å². The molecule has 2 heterocycles. The Kier molecular flexibility index (Phi) is 4.14. The van der Waals surface area contributed by atoms with E-state index in [9.17, 15) is 5.21 Å². The van der Waals surface area contributed by atoms with Crippen LogP contribution in [0.25, 0.3) is 17.1 Å². The Labute approximate surface area is 175 Å². The molecule has 137 valence electrons. The predicted molar refractivity (Wildman–Crippen MR) is 113 cm³/mol. The van der Waals surface area contributed by atoms with E-state index in [1.54, 1.807) is 30.3 Å². The van der Waals surface area contributed by atoms with E-state index < -0.39 is 5.54 Å². The van der Waals surface area contributed by atoms with Gasteiger partial charge in [0.25, 0.3) is 0 Å². The molecule has 0 atom stereocenters. The van der Waals surface area contributed by atoms with Crippen molar-refractivity contribution in [2.45, 2.75) is 5.54 Å². The Morgan fingerprint density at radius 1 is 0.821 bits per heavy atom. The quantitative estimate of drug-likeness (QED) is 0.389. The number of hydroxylamine groups is 1. The van der Waals surface area contributed by atoms with Crippen molar-refractivity contribution in [3.05, 3.63) is 93.5 Å². The summed E-state index contributed by atoms with van der Waals surface area (Å²) in [6.07, 6.45) is 3.87. The number of halogens is 2. The lowest BCUT2D eigenvalue weighted by molar-refractivity contribution is 0.113. The normalized spacial score (nSPS) is 15.0. The first-order valence-corrected chi connectivity index (χ1v) is 10.0. The van der Waals surface area contributed by atoms with E-state index in [1.807, 2.05) is 42.5 Å². The lowest BCUT2D eigenvalue weighted by atomic mass is 9.79. The predicted octanol–water partition coefficient (Wildman–Crippen LogP) is 6.12. The fraction of sp³-hybridized carbons (Fsp3) is 0.0476. The van der Waals surface area contributed by atoms with Crippen LogP contribution >= 0.6 is 34.9 Å². The van der Waals surface area contributed by atoms with Crippen LogP contribution in [0.3, 0.4) is 0 Å². The van der Waals surface area contributed by atoms with E-state index in [4.69, 9.17) is 23.2 Å². The number of rotatable bonds is 2. The summed E-state index contributed by atoms with van der Waals surface area (Å²) in [5, 5.41) is 16.1. The van der Waals surface area contributed by atoms with Gasteiger partial charge in [-0.05, 0) is 53.6 Å². The zero-order chi connectivity index (χ0) is 19.3. The maximum absolute atomic E-state index is 13.8. The highest BCUT2D eigenvalue weighted by molar-refractivity contribution is 7.00. The number of anilines is 1. The van der Waals surface area contributed by atoms with E-state index in [-0.39, 0.29) is 0 Å². The van der Waals surface area contributed by atoms with E-state index in [0.29, 0.717) is 15.7 Å². The molecule has 1 aromatic heterocycles. The maximum atomic E-state index is 13.8. The molecule has 1 radical (unpaired) electrons. The average Bonchev–Trinajstić information content (AvgIpc) is 3.19. The van der Waals surface area contributed by atoms with Crippen LogP contribution in [-0.2, 0) is 10.7 Å². The fourth-order valence-electron chi connectivity index (χ4n) is 3.67.